The van der Waals surface area contributed by atoms with Crippen LogP contribution in [0.3, 0.4) is 0 Å². The average molecular weight is 277 g/mol. The van der Waals surface area contributed by atoms with Gasteiger partial charge in [-0.2, -0.15) is 0 Å². The smallest absolute Gasteiger partial charge is 0.242 e. The summed E-state index contributed by atoms with van der Waals surface area (Å²) < 4.78 is 26.1. The number of hydrogen-bond donors (Lipinski definition) is 1. The Morgan fingerprint density at radius 1 is 1.47 bits per heavy atom. The molecule has 0 saturated carbocycles. The number of hydrogen-bond acceptors (Lipinski definition) is 3. The van der Waals surface area contributed by atoms with Crippen LogP contribution in [0.15, 0.2) is 29.4 Å². The van der Waals surface area contributed by atoms with E-state index in [-0.39, 0.29) is 16.8 Å². The Bertz CT molecular complexity index is 434. The van der Waals surface area contributed by atoms with Crippen molar-refractivity contribution in [2.45, 2.75) is 30.5 Å². The summed E-state index contributed by atoms with van der Waals surface area (Å²) in [6, 6.07) is 3.09. The molecule has 1 N–H and O–H groups in total. The summed E-state index contributed by atoms with van der Waals surface area (Å²) in [5.74, 6) is 0.445. The van der Waals surface area contributed by atoms with Crippen LogP contribution in [0.2, 0.25) is 0 Å². The van der Waals surface area contributed by atoms with Crippen molar-refractivity contribution in [1.29, 1.82) is 0 Å². The molecule has 0 aliphatic rings. The van der Waals surface area contributed by atoms with Gasteiger partial charge in [0.25, 0.3) is 0 Å². The van der Waals surface area contributed by atoms with E-state index in [0.29, 0.717) is 5.92 Å². The minimum atomic E-state index is -3.49. The van der Waals surface area contributed by atoms with E-state index in [1.54, 1.807) is 6.07 Å². The van der Waals surface area contributed by atoms with Gasteiger partial charge in [-0.15, -0.1) is 11.6 Å². The molecule has 0 aromatic carbocycles. The largest absolute Gasteiger partial charge is 0.263 e. The fourth-order valence-corrected chi connectivity index (χ4v) is 2.95. The van der Waals surface area contributed by atoms with Crippen molar-refractivity contribution >= 4 is 21.6 Å². The number of rotatable bonds is 6. The fourth-order valence-electron chi connectivity index (χ4n) is 1.38. The molecule has 1 rings (SSSR count). The molecule has 0 fully saturated rings. The molecule has 1 heterocycles. The van der Waals surface area contributed by atoms with Gasteiger partial charge < -0.3 is 0 Å². The van der Waals surface area contributed by atoms with E-state index in [4.69, 9.17) is 11.6 Å². The van der Waals surface area contributed by atoms with Gasteiger partial charge in [0.15, 0.2) is 0 Å². The maximum absolute atomic E-state index is 11.8. The third-order valence-corrected chi connectivity index (χ3v) is 3.91. The third-order valence-electron chi connectivity index (χ3n) is 2.17. The van der Waals surface area contributed by atoms with Crippen LogP contribution in [0.1, 0.15) is 20.3 Å². The van der Waals surface area contributed by atoms with Crippen molar-refractivity contribution in [2.75, 3.05) is 6.54 Å². The number of aromatic nitrogens is 1. The molecule has 6 heteroatoms. The molecule has 1 unspecified atom stereocenters. The van der Waals surface area contributed by atoms with E-state index >= 15 is 0 Å². The first-order chi connectivity index (χ1) is 7.92. The lowest BCUT2D eigenvalue weighted by Crippen LogP contribution is -2.30. The van der Waals surface area contributed by atoms with Gasteiger partial charge in [-0.25, -0.2) is 13.1 Å². The average Bonchev–Trinajstić information content (AvgIpc) is 2.27. The topological polar surface area (TPSA) is 59.1 Å². The van der Waals surface area contributed by atoms with Crippen LogP contribution >= 0.6 is 11.6 Å². The highest BCUT2D eigenvalue weighted by Crippen LogP contribution is 2.11. The lowest BCUT2D eigenvalue weighted by molar-refractivity contribution is 0.544. The van der Waals surface area contributed by atoms with Crippen molar-refractivity contribution in [3.8, 4) is 0 Å². The van der Waals surface area contributed by atoms with Crippen molar-refractivity contribution in [1.82, 2.24) is 9.71 Å². The summed E-state index contributed by atoms with van der Waals surface area (Å²) in [7, 11) is -3.49. The van der Waals surface area contributed by atoms with Crippen LogP contribution in [0.5, 0.6) is 0 Å². The Morgan fingerprint density at radius 3 is 2.71 bits per heavy atom. The molecule has 0 spiro atoms. The van der Waals surface area contributed by atoms with Gasteiger partial charge in [-0.05, 0) is 24.5 Å². The molecule has 1 atom stereocenters. The second-order valence-corrected chi connectivity index (χ2v) is 6.65. The van der Waals surface area contributed by atoms with Crippen molar-refractivity contribution < 1.29 is 8.42 Å². The zero-order chi connectivity index (χ0) is 12.9. The first-order valence-corrected chi connectivity index (χ1v) is 7.37. The molecular weight excluding hydrogens is 260 g/mol. The maximum Gasteiger partial charge on any atom is 0.242 e. The van der Waals surface area contributed by atoms with Crippen LogP contribution in [-0.2, 0) is 10.0 Å². The molecule has 0 radical (unpaired) electrons. The normalized spacial score (nSPS) is 13.9. The fraction of sp³-hybridized carbons (Fsp3) is 0.545. The number of alkyl halides is 1. The molecule has 0 aliphatic heterocycles. The van der Waals surface area contributed by atoms with Crippen molar-refractivity contribution in [3.05, 3.63) is 24.5 Å². The first kappa shape index (κ1) is 14.4. The highest BCUT2D eigenvalue weighted by Gasteiger charge is 2.16. The van der Waals surface area contributed by atoms with Gasteiger partial charge in [0.05, 0.1) is 0 Å². The maximum atomic E-state index is 11.8. The molecule has 0 bridgehead atoms. The second kappa shape index (κ2) is 6.33. The standard InChI is InChI=1S/C11H17ClN2O2S/c1-9(2)6-10(12)7-14-17(15,16)11-4-3-5-13-8-11/h3-5,8-10,14H,6-7H2,1-2H3. The SMILES string of the molecule is CC(C)CC(Cl)CNS(=O)(=O)c1cccnc1. The van der Waals surface area contributed by atoms with E-state index in [2.05, 4.69) is 9.71 Å². The summed E-state index contributed by atoms with van der Waals surface area (Å²) in [6.45, 7) is 4.33. The number of sulfonamides is 1. The molecule has 4 nitrogen and oxygen atoms in total. The van der Waals surface area contributed by atoms with Crippen molar-refractivity contribution in [3.63, 3.8) is 0 Å². The predicted molar refractivity (Wildman–Crippen MR) is 68.5 cm³/mol. The minimum Gasteiger partial charge on any atom is -0.263 e. The first-order valence-electron chi connectivity index (χ1n) is 5.45. The molecule has 0 amide bonds. The zero-order valence-electron chi connectivity index (χ0n) is 9.93. The molecule has 96 valence electrons. The van der Waals surface area contributed by atoms with Crippen molar-refractivity contribution in [2.24, 2.45) is 5.92 Å². The summed E-state index contributed by atoms with van der Waals surface area (Å²) in [6.07, 6.45) is 3.62. The van der Waals surface area contributed by atoms with Crippen LogP contribution in [0, 0.1) is 5.92 Å². The molecule has 0 saturated heterocycles. The van der Waals surface area contributed by atoms with Gasteiger partial charge in [0, 0.05) is 24.3 Å². The lowest BCUT2D eigenvalue weighted by atomic mass is 10.1. The van der Waals surface area contributed by atoms with Crippen LogP contribution < -0.4 is 4.72 Å². The van der Waals surface area contributed by atoms with Gasteiger partial charge in [0.2, 0.25) is 10.0 Å². The highest BCUT2D eigenvalue weighted by molar-refractivity contribution is 7.89. The van der Waals surface area contributed by atoms with Crippen LogP contribution in [0.25, 0.3) is 0 Å². The zero-order valence-corrected chi connectivity index (χ0v) is 11.5. The third kappa shape index (κ3) is 5.02. The Labute approximate surface area is 107 Å². The Morgan fingerprint density at radius 2 is 2.18 bits per heavy atom. The second-order valence-electron chi connectivity index (χ2n) is 4.27. The molecule has 0 aliphatic carbocycles. The highest BCUT2D eigenvalue weighted by atomic mass is 35.5. The molecular formula is C11H17ClN2O2S. The van der Waals surface area contributed by atoms with Crippen LogP contribution in [-0.4, -0.2) is 25.3 Å². The monoisotopic (exact) mass is 276 g/mol. The van der Waals surface area contributed by atoms with E-state index in [1.807, 2.05) is 13.8 Å². The molecule has 1 aromatic heterocycles. The number of nitrogens with zero attached hydrogens (tertiary/aromatic N) is 1. The van der Waals surface area contributed by atoms with Gasteiger partial charge >= 0.3 is 0 Å². The number of pyridine rings is 1. The Kier molecular flexibility index (Phi) is 5.36. The van der Waals surface area contributed by atoms with E-state index in [0.717, 1.165) is 6.42 Å². The summed E-state index contributed by atoms with van der Waals surface area (Å²) in [4.78, 5) is 3.93. The van der Waals surface area contributed by atoms with Gasteiger partial charge in [-0.3, -0.25) is 4.98 Å². The number of nitrogens with one attached hydrogen (secondary N) is 1. The van der Waals surface area contributed by atoms with Crippen LogP contribution in [0.4, 0.5) is 0 Å². The predicted octanol–water partition coefficient (Wildman–Crippen LogP) is 2.01. The Balaban J connectivity index is 2.57. The van der Waals surface area contributed by atoms with E-state index < -0.39 is 10.0 Å². The van der Waals surface area contributed by atoms with Gasteiger partial charge in [0.1, 0.15) is 4.90 Å². The summed E-state index contributed by atoms with van der Waals surface area (Å²) in [5, 5.41) is -0.193. The minimum absolute atomic E-state index is 0.161. The van der Waals surface area contributed by atoms with E-state index in [1.165, 1.54) is 18.5 Å². The molecule has 1 aromatic rings. The lowest BCUT2D eigenvalue weighted by Gasteiger charge is -2.13. The Hall–Kier alpha value is -0.650. The van der Waals surface area contributed by atoms with E-state index in [9.17, 15) is 8.42 Å². The quantitative estimate of drug-likeness (QED) is 0.809. The summed E-state index contributed by atoms with van der Waals surface area (Å²) in [5.41, 5.74) is 0. The summed E-state index contributed by atoms with van der Waals surface area (Å²) >= 11 is 6.03. The molecule has 17 heavy (non-hydrogen) atoms. The van der Waals surface area contributed by atoms with Gasteiger partial charge in [-0.1, -0.05) is 13.8 Å². The number of halogens is 1.